The van der Waals surface area contributed by atoms with Gasteiger partial charge in [0, 0.05) is 28.2 Å². The maximum absolute atomic E-state index is 13.0. The van der Waals surface area contributed by atoms with Crippen LogP contribution >= 0.6 is 11.8 Å². The van der Waals surface area contributed by atoms with Crippen molar-refractivity contribution in [2.75, 3.05) is 25.7 Å². The Kier molecular flexibility index (Phi) is 6.02. The lowest BCUT2D eigenvalue weighted by atomic mass is 9.80. The van der Waals surface area contributed by atoms with Crippen molar-refractivity contribution >= 4 is 35.1 Å². The lowest BCUT2D eigenvalue weighted by Gasteiger charge is -2.33. The number of dihydropyridines is 1. The van der Waals surface area contributed by atoms with Crippen molar-refractivity contribution in [2.24, 2.45) is 0 Å². The third-order valence-corrected chi connectivity index (χ3v) is 6.90. The molecule has 2 aromatic rings. The minimum atomic E-state index is -0.587. The van der Waals surface area contributed by atoms with Crippen LogP contribution < -0.4 is 10.2 Å². The van der Waals surface area contributed by atoms with Crippen LogP contribution in [0.3, 0.4) is 0 Å². The maximum Gasteiger partial charge on any atom is 0.336 e. The molecule has 7 heteroatoms. The van der Waals surface area contributed by atoms with Crippen LogP contribution in [-0.2, 0) is 19.1 Å². The number of benzene rings is 2. The van der Waals surface area contributed by atoms with E-state index in [9.17, 15) is 9.59 Å². The van der Waals surface area contributed by atoms with Crippen LogP contribution in [0.1, 0.15) is 32.3 Å². The van der Waals surface area contributed by atoms with Crippen molar-refractivity contribution in [1.29, 1.82) is 0 Å². The van der Waals surface area contributed by atoms with E-state index in [1.807, 2.05) is 45.2 Å². The van der Waals surface area contributed by atoms with Crippen molar-refractivity contribution < 1.29 is 19.1 Å². The zero-order valence-electron chi connectivity index (χ0n) is 18.8. The highest BCUT2D eigenvalue weighted by molar-refractivity contribution is 7.99. The first-order valence-corrected chi connectivity index (χ1v) is 11.3. The minimum absolute atomic E-state index is 0.250. The molecule has 32 heavy (non-hydrogen) atoms. The predicted octanol–water partition coefficient (Wildman–Crippen LogP) is 4.89. The van der Waals surface area contributed by atoms with E-state index in [-0.39, 0.29) is 6.61 Å². The van der Waals surface area contributed by atoms with E-state index in [0.717, 1.165) is 26.7 Å². The average Bonchev–Trinajstić information content (AvgIpc) is 2.78. The molecule has 2 heterocycles. The molecule has 166 valence electrons. The van der Waals surface area contributed by atoms with Gasteiger partial charge >= 0.3 is 11.9 Å². The second-order valence-corrected chi connectivity index (χ2v) is 8.79. The summed E-state index contributed by atoms with van der Waals surface area (Å²) in [6, 6.07) is 14.3. The van der Waals surface area contributed by atoms with E-state index in [1.165, 1.54) is 7.11 Å². The molecule has 0 spiro atoms. The van der Waals surface area contributed by atoms with Gasteiger partial charge in [-0.25, -0.2) is 9.59 Å². The van der Waals surface area contributed by atoms with Gasteiger partial charge in [-0.3, -0.25) is 0 Å². The highest BCUT2D eigenvalue weighted by Crippen LogP contribution is 2.49. The Bertz CT molecular complexity index is 1170. The summed E-state index contributed by atoms with van der Waals surface area (Å²) in [7, 11) is 3.39. The van der Waals surface area contributed by atoms with Gasteiger partial charge in [-0.2, -0.15) is 0 Å². The molecule has 6 nitrogen and oxygen atoms in total. The number of anilines is 2. The fraction of sp³-hybridized carbons (Fsp3) is 0.280. The standard InChI is InChI=1S/C25H26N2O4S/c1-6-31-25(29)22-15(3)26-14(2)21(24(28)30-5)23(22)16-11-12-18-20(13-16)32-19-10-8-7-9-17(19)27(18)4/h7-13,23,26H,6H2,1-5H3. The highest BCUT2D eigenvalue weighted by Gasteiger charge is 2.38. The van der Waals surface area contributed by atoms with Crippen molar-refractivity contribution in [3.63, 3.8) is 0 Å². The van der Waals surface area contributed by atoms with Gasteiger partial charge in [0.05, 0.1) is 42.2 Å². The lowest BCUT2D eigenvalue weighted by molar-refractivity contribution is -0.139. The number of ether oxygens (including phenoxy) is 2. The largest absolute Gasteiger partial charge is 0.466 e. The number of hydrogen-bond donors (Lipinski definition) is 1. The van der Waals surface area contributed by atoms with E-state index in [0.29, 0.717) is 22.5 Å². The van der Waals surface area contributed by atoms with E-state index in [2.05, 4.69) is 28.4 Å². The zero-order chi connectivity index (χ0) is 23.0. The number of methoxy groups -OCH3 is 1. The van der Waals surface area contributed by atoms with Crippen LogP contribution in [0, 0.1) is 0 Å². The van der Waals surface area contributed by atoms with Gasteiger partial charge in [0.15, 0.2) is 0 Å². The molecule has 0 aliphatic carbocycles. The molecule has 2 aliphatic heterocycles. The van der Waals surface area contributed by atoms with Crippen molar-refractivity contribution in [3.05, 3.63) is 70.6 Å². The van der Waals surface area contributed by atoms with Crippen molar-refractivity contribution in [1.82, 2.24) is 5.32 Å². The molecule has 0 saturated carbocycles. The van der Waals surface area contributed by atoms with Gasteiger partial charge in [0.25, 0.3) is 0 Å². The number of fused-ring (bicyclic) bond motifs is 2. The van der Waals surface area contributed by atoms with Gasteiger partial charge in [-0.05, 0) is 50.6 Å². The molecule has 0 amide bonds. The van der Waals surface area contributed by atoms with Gasteiger partial charge in [-0.15, -0.1) is 0 Å². The van der Waals surface area contributed by atoms with Gasteiger partial charge in [0.1, 0.15) is 0 Å². The Labute approximate surface area is 192 Å². The number of nitrogens with zero attached hydrogens (tertiary/aromatic N) is 1. The van der Waals surface area contributed by atoms with E-state index < -0.39 is 17.9 Å². The molecular weight excluding hydrogens is 424 g/mol. The maximum atomic E-state index is 13.0. The molecular formula is C25H26N2O4S. The second kappa shape index (κ2) is 8.74. The van der Waals surface area contributed by atoms with Crippen molar-refractivity contribution in [3.8, 4) is 0 Å². The number of hydrogen-bond acceptors (Lipinski definition) is 7. The second-order valence-electron chi connectivity index (χ2n) is 7.70. The highest BCUT2D eigenvalue weighted by atomic mass is 32.2. The van der Waals surface area contributed by atoms with Crippen LogP contribution in [0.5, 0.6) is 0 Å². The smallest absolute Gasteiger partial charge is 0.336 e. The SMILES string of the molecule is CCOC(=O)C1=C(C)NC(C)=C(C(=O)OC)C1c1ccc2c(c1)Sc1ccccc1N2C. The lowest BCUT2D eigenvalue weighted by Crippen LogP contribution is -2.32. The summed E-state index contributed by atoms with van der Waals surface area (Å²) in [6.07, 6.45) is 0. The van der Waals surface area contributed by atoms with Gasteiger partial charge < -0.3 is 19.7 Å². The summed E-state index contributed by atoms with van der Waals surface area (Å²) < 4.78 is 10.4. The van der Waals surface area contributed by atoms with Gasteiger partial charge in [0.2, 0.25) is 0 Å². The zero-order valence-corrected chi connectivity index (χ0v) is 19.6. The Morgan fingerprint density at radius 2 is 1.66 bits per heavy atom. The first kappa shape index (κ1) is 22.0. The number of carbonyl (C=O) groups excluding carboxylic acids is 2. The quantitative estimate of drug-likeness (QED) is 0.665. The molecule has 0 aromatic heterocycles. The number of esters is 2. The van der Waals surface area contributed by atoms with Crippen LogP contribution in [-0.4, -0.2) is 32.7 Å². The number of rotatable bonds is 4. The van der Waals surface area contributed by atoms with Gasteiger partial charge in [-0.1, -0.05) is 30.0 Å². The van der Waals surface area contributed by atoms with E-state index in [4.69, 9.17) is 9.47 Å². The van der Waals surface area contributed by atoms with Crippen LogP contribution in [0.2, 0.25) is 0 Å². The molecule has 1 N–H and O–H groups in total. The van der Waals surface area contributed by atoms with Crippen molar-refractivity contribution in [2.45, 2.75) is 36.5 Å². The molecule has 0 fully saturated rings. The van der Waals surface area contributed by atoms with E-state index in [1.54, 1.807) is 18.7 Å². The molecule has 4 rings (SSSR count). The summed E-state index contributed by atoms with van der Waals surface area (Å²) in [5.74, 6) is -1.50. The molecule has 0 saturated heterocycles. The topological polar surface area (TPSA) is 67.9 Å². The minimum Gasteiger partial charge on any atom is -0.466 e. The molecule has 2 aromatic carbocycles. The summed E-state index contributed by atoms with van der Waals surface area (Å²) >= 11 is 1.68. The van der Waals surface area contributed by atoms with Crippen LogP contribution in [0.4, 0.5) is 11.4 Å². The third-order valence-electron chi connectivity index (χ3n) is 5.79. The summed E-state index contributed by atoms with van der Waals surface area (Å²) in [5.41, 5.74) is 5.24. The van der Waals surface area contributed by atoms with Crippen LogP contribution in [0.15, 0.2) is 74.8 Å². The Morgan fingerprint density at radius 1 is 1.00 bits per heavy atom. The van der Waals surface area contributed by atoms with Crippen LogP contribution in [0.25, 0.3) is 0 Å². The Hall–Kier alpha value is -3.19. The first-order chi connectivity index (χ1) is 15.4. The average molecular weight is 451 g/mol. The third kappa shape index (κ3) is 3.66. The number of para-hydroxylation sites is 1. The Morgan fingerprint density at radius 3 is 2.34 bits per heavy atom. The number of carbonyl (C=O) groups is 2. The molecule has 0 radical (unpaired) electrons. The first-order valence-electron chi connectivity index (χ1n) is 10.5. The fourth-order valence-electron chi connectivity index (χ4n) is 4.33. The molecule has 1 unspecified atom stereocenters. The summed E-state index contributed by atoms with van der Waals surface area (Å²) in [5, 5.41) is 3.16. The van der Waals surface area contributed by atoms with E-state index >= 15 is 0 Å². The summed E-state index contributed by atoms with van der Waals surface area (Å²) in [6.45, 7) is 5.67. The monoisotopic (exact) mass is 450 g/mol. The molecule has 0 bridgehead atoms. The normalized spacial score (nSPS) is 17.4. The predicted molar refractivity (Wildman–Crippen MR) is 125 cm³/mol. The fourth-order valence-corrected chi connectivity index (χ4v) is 5.52. The Balaban J connectivity index is 1.86. The number of nitrogens with one attached hydrogen (secondary N) is 1. The summed E-state index contributed by atoms with van der Waals surface area (Å²) in [4.78, 5) is 30.1. The molecule has 2 aliphatic rings. The molecule has 1 atom stereocenters. The number of allylic oxidation sites excluding steroid dienone is 2.